The van der Waals surface area contributed by atoms with Crippen molar-refractivity contribution in [3.63, 3.8) is 0 Å². The van der Waals surface area contributed by atoms with Crippen LogP contribution in [0.4, 0.5) is 0 Å². The van der Waals surface area contributed by atoms with Crippen LogP contribution >= 0.6 is 0 Å². The number of allylic oxidation sites excluding steroid dienone is 1. The maximum absolute atomic E-state index is 6.40. The minimum atomic E-state index is 0.128. The molecule has 1 aromatic heterocycles. The minimum absolute atomic E-state index is 0.128. The number of hydrogen-bond acceptors (Lipinski definition) is 3. The average molecular weight is 338 g/mol. The van der Waals surface area contributed by atoms with E-state index in [0.29, 0.717) is 17.9 Å². The quantitative estimate of drug-likeness (QED) is 0.747. The minimum Gasteiger partial charge on any atom is -0.417 e. The molecule has 0 radical (unpaired) electrons. The Bertz CT molecular complexity index is 853. The molecule has 25 heavy (non-hydrogen) atoms. The van der Waals surface area contributed by atoms with Crippen LogP contribution in [0.15, 0.2) is 35.9 Å². The maximum Gasteiger partial charge on any atom is 0.104 e. The predicted molar refractivity (Wildman–Crippen MR) is 98.6 cm³/mol. The number of hydrogen-bond donors (Lipinski definition) is 0. The predicted octanol–water partition coefficient (Wildman–Crippen LogP) is 3.21. The van der Waals surface area contributed by atoms with Gasteiger partial charge < -0.3 is 9.57 Å². The number of benzene rings is 1. The summed E-state index contributed by atoms with van der Waals surface area (Å²) in [6, 6.07) is 9.14. The lowest BCUT2D eigenvalue weighted by Crippen LogP contribution is -2.54. The zero-order valence-corrected chi connectivity index (χ0v) is 15.2. The molecule has 4 aliphatic rings. The highest BCUT2D eigenvalue weighted by Crippen LogP contribution is 2.49. The van der Waals surface area contributed by atoms with Crippen molar-refractivity contribution in [1.82, 2.24) is 9.63 Å². The van der Waals surface area contributed by atoms with Crippen molar-refractivity contribution in [2.75, 3.05) is 27.3 Å². The van der Waals surface area contributed by atoms with Crippen molar-refractivity contribution in [3.8, 4) is 0 Å². The second-order valence-corrected chi connectivity index (χ2v) is 7.74. The second kappa shape index (κ2) is 5.61. The first-order valence-electron chi connectivity index (χ1n) is 9.36. The van der Waals surface area contributed by atoms with E-state index in [-0.39, 0.29) is 6.10 Å². The molecule has 0 N–H and O–H groups in total. The van der Waals surface area contributed by atoms with Crippen molar-refractivity contribution in [1.29, 1.82) is 0 Å². The van der Waals surface area contributed by atoms with E-state index in [1.54, 1.807) is 12.7 Å². The van der Waals surface area contributed by atoms with Gasteiger partial charge in [-0.25, -0.2) is 0 Å². The summed E-state index contributed by atoms with van der Waals surface area (Å²) in [5, 5.41) is 1.32. The Kier molecular flexibility index (Phi) is 3.47. The number of aromatic nitrogens is 1. The lowest BCUT2D eigenvalue weighted by Gasteiger charge is -2.51. The molecule has 3 aliphatic heterocycles. The van der Waals surface area contributed by atoms with Crippen LogP contribution in [0.25, 0.3) is 10.9 Å². The summed E-state index contributed by atoms with van der Waals surface area (Å²) >= 11 is 0. The molecule has 0 amide bonds. The fourth-order valence-electron chi connectivity index (χ4n) is 5.52. The highest BCUT2D eigenvalue weighted by atomic mass is 16.6. The fraction of sp³-hybridized carbons (Fsp3) is 0.524. The van der Waals surface area contributed by atoms with E-state index in [9.17, 15) is 0 Å². The number of fused-ring (bicyclic) bond motifs is 2. The summed E-state index contributed by atoms with van der Waals surface area (Å²) < 4.78 is 8.42. The molecule has 0 spiro atoms. The third kappa shape index (κ3) is 2.07. The molecule has 1 aromatic carbocycles. The molecule has 6 rings (SSSR count). The van der Waals surface area contributed by atoms with Gasteiger partial charge >= 0.3 is 0 Å². The average Bonchev–Trinajstić information content (AvgIpc) is 2.94. The van der Waals surface area contributed by atoms with Gasteiger partial charge in [-0.05, 0) is 44.4 Å². The van der Waals surface area contributed by atoms with Crippen molar-refractivity contribution in [2.24, 2.45) is 11.8 Å². The van der Waals surface area contributed by atoms with Crippen LogP contribution in [-0.4, -0.2) is 43.0 Å². The zero-order valence-electron chi connectivity index (χ0n) is 15.2. The standard InChI is InChI=1S/C21H26N2O2/c1-4-13-11-22(2)19-9-16-14-7-5-6-8-18(14)23(24-3)21(16)20-10-15(13)17(19)12-25-20/h4-8,15,17,19-20H,9-12H2,1-3H3/b13-4-/t15-,17-,19-,20+/m0/s1. The monoisotopic (exact) mass is 338 g/mol. The summed E-state index contributed by atoms with van der Waals surface area (Å²) in [7, 11) is 4.04. The molecule has 2 aromatic rings. The molecule has 2 saturated heterocycles. The topological polar surface area (TPSA) is 26.6 Å². The van der Waals surface area contributed by atoms with Crippen LogP contribution in [0, 0.1) is 11.8 Å². The van der Waals surface area contributed by atoms with E-state index in [0.717, 1.165) is 31.5 Å². The highest BCUT2D eigenvalue weighted by Gasteiger charge is 2.47. The van der Waals surface area contributed by atoms with Gasteiger partial charge in [0.2, 0.25) is 0 Å². The molecule has 4 atom stereocenters. The smallest absolute Gasteiger partial charge is 0.104 e. The van der Waals surface area contributed by atoms with Gasteiger partial charge in [0, 0.05) is 23.9 Å². The highest BCUT2D eigenvalue weighted by molar-refractivity contribution is 5.85. The van der Waals surface area contributed by atoms with Crippen molar-refractivity contribution < 1.29 is 9.57 Å². The van der Waals surface area contributed by atoms with Crippen LogP contribution in [-0.2, 0) is 11.2 Å². The number of likely N-dealkylation sites (tertiary alicyclic amines) is 1. The summed E-state index contributed by atoms with van der Waals surface area (Å²) in [4.78, 5) is 8.36. The number of piperidine rings is 1. The van der Waals surface area contributed by atoms with Gasteiger partial charge in [0.15, 0.2) is 0 Å². The van der Waals surface area contributed by atoms with Crippen molar-refractivity contribution >= 4 is 10.9 Å². The first-order valence-corrected chi connectivity index (χ1v) is 9.36. The van der Waals surface area contributed by atoms with E-state index < -0.39 is 0 Å². The summed E-state index contributed by atoms with van der Waals surface area (Å²) in [6.45, 7) is 4.13. The number of para-hydroxylation sites is 1. The molecule has 4 bridgehead atoms. The third-order valence-electron chi connectivity index (χ3n) is 6.69. The number of rotatable bonds is 1. The Morgan fingerprint density at radius 3 is 2.92 bits per heavy atom. The van der Waals surface area contributed by atoms with E-state index in [1.165, 1.54) is 16.6 Å². The molecule has 4 nitrogen and oxygen atoms in total. The summed E-state index contributed by atoms with van der Waals surface area (Å²) in [5.74, 6) is 1.24. The van der Waals surface area contributed by atoms with Gasteiger partial charge in [-0.15, -0.1) is 0 Å². The molecule has 4 heteroatoms. The lowest BCUT2D eigenvalue weighted by atomic mass is 9.69. The number of nitrogens with zero attached hydrogens (tertiary/aromatic N) is 2. The first kappa shape index (κ1) is 15.5. The van der Waals surface area contributed by atoms with Crippen LogP contribution in [0.2, 0.25) is 0 Å². The normalized spacial score (nSPS) is 33.3. The maximum atomic E-state index is 6.40. The van der Waals surface area contributed by atoms with Gasteiger partial charge in [-0.2, -0.15) is 4.73 Å². The summed E-state index contributed by atoms with van der Waals surface area (Å²) in [6.07, 6.45) is 4.62. The Morgan fingerprint density at radius 1 is 1.28 bits per heavy atom. The van der Waals surface area contributed by atoms with E-state index in [4.69, 9.17) is 9.57 Å². The van der Waals surface area contributed by atoms with Gasteiger partial charge in [0.25, 0.3) is 0 Å². The number of ether oxygens (including phenoxy) is 1. The Morgan fingerprint density at radius 2 is 2.12 bits per heavy atom. The van der Waals surface area contributed by atoms with Crippen molar-refractivity contribution in [3.05, 3.63) is 47.2 Å². The lowest BCUT2D eigenvalue weighted by molar-refractivity contribution is -0.0887. The Labute approximate surface area is 149 Å². The Hall–Kier alpha value is -1.78. The van der Waals surface area contributed by atoms with Crippen LogP contribution in [0.1, 0.15) is 30.7 Å². The Balaban J connectivity index is 1.75. The molecule has 2 fully saturated rings. The van der Waals surface area contributed by atoms with E-state index >= 15 is 0 Å². The summed E-state index contributed by atoms with van der Waals surface area (Å²) in [5.41, 5.74) is 5.40. The van der Waals surface area contributed by atoms with Crippen molar-refractivity contribution in [2.45, 2.75) is 31.9 Å². The number of likely N-dealkylation sites (N-methyl/N-ethyl adjacent to an activating group) is 1. The molecule has 0 unspecified atom stereocenters. The van der Waals surface area contributed by atoms with Gasteiger partial charge in [0.1, 0.15) is 13.2 Å². The SMILES string of the molecule is C/C=C1/CN(C)[C@H]2Cc3c(n(OC)c4ccccc34)[C@H]3C[C@@H]1[C@@H]2CO3. The van der Waals surface area contributed by atoms with Crippen LogP contribution < -0.4 is 4.84 Å². The molecule has 1 aliphatic carbocycles. The molecular weight excluding hydrogens is 312 g/mol. The largest absolute Gasteiger partial charge is 0.417 e. The molecule has 132 valence electrons. The molecular formula is C21H26N2O2. The van der Waals surface area contributed by atoms with Crippen LogP contribution in [0.5, 0.6) is 0 Å². The van der Waals surface area contributed by atoms with Crippen LogP contribution in [0.3, 0.4) is 0 Å². The molecule has 4 heterocycles. The first-order chi connectivity index (χ1) is 12.2. The zero-order chi connectivity index (χ0) is 17.1. The van der Waals surface area contributed by atoms with E-state index in [2.05, 4.69) is 49.2 Å². The second-order valence-electron chi connectivity index (χ2n) is 7.74. The third-order valence-corrected chi connectivity index (χ3v) is 6.69. The van der Waals surface area contributed by atoms with Gasteiger partial charge in [-0.3, -0.25) is 4.90 Å². The van der Waals surface area contributed by atoms with Gasteiger partial charge in [-0.1, -0.05) is 29.8 Å². The van der Waals surface area contributed by atoms with Gasteiger partial charge in [0.05, 0.1) is 17.8 Å². The molecule has 0 saturated carbocycles. The fourth-order valence-corrected chi connectivity index (χ4v) is 5.52. The van der Waals surface area contributed by atoms with E-state index in [1.807, 2.05) is 4.73 Å².